The molecule has 0 amide bonds. The van der Waals surface area contributed by atoms with Gasteiger partial charge in [-0.15, -0.1) is 0 Å². The number of hydrogen-bond donors (Lipinski definition) is 1. The summed E-state index contributed by atoms with van der Waals surface area (Å²) < 4.78 is 31.8. The van der Waals surface area contributed by atoms with Gasteiger partial charge in [-0.2, -0.15) is 8.42 Å². The zero-order chi connectivity index (χ0) is 12.0. The van der Waals surface area contributed by atoms with Crippen LogP contribution in [0.15, 0.2) is 23.8 Å². The highest BCUT2D eigenvalue weighted by atomic mass is 32.2. The molecule has 4 heteroatoms. The van der Waals surface area contributed by atoms with E-state index in [9.17, 15) is 13.0 Å². The molecule has 2 unspecified atom stereocenters. The molecule has 0 spiro atoms. The number of rotatable bonds is 3. The van der Waals surface area contributed by atoms with Crippen molar-refractivity contribution in [3.8, 4) is 0 Å². The Bertz CT molecular complexity index is 443. The minimum Gasteiger partial charge on any atom is -0.285 e. The van der Waals surface area contributed by atoms with Crippen molar-refractivity contribution in [1.82, 2.24) is 0 Å². The van der Waals surface area contributed by atoms with Gasteiger partial charge in [-0.1, -0.05) is 30.7 Å². The van der Waals surface area contributed by atoms with E-state index in [1.54, 1.807) is 12.2 Å². The number of hydrogen-bond acceptors (Lipinski definition) is 2. The largest absolute Gasteiger partial charge is 0.285 e. The SMILES string of the molecule is CC1=CCC(C(C)C2CC2)(S(=O)(=O)O)C=C1. The fraction of sp³-hybridized carbons (Fsp3) is 0.667. The normalized spacial score (nSPS) is 32.3. The molecule has 0 saturated heterocycles. The van der Waals surface area contributed by atoms with Gasteiger partial charge in [0.15, 0.2) is 0 Å². The first-order valence-electron chi connectivity index (χ1n) is 5.70. The molecule has 0 aliphatic heterocycles. The summed E-state index contributed by atoms with van der Waals surface area (Å²) in [5, 5.41) is 0. The first-order valence-corrected chi connectivity index (χ1v) is 7.14. The highest BCUT2D eigenvalue weighted by Crippen LogP contribution is 2.48. The van der Waals surface area contributed by atoms with Crippen molar-refractivity contribution < 1.29 is 13.0 Å². The molecule has 0 aromatic carbocycles. The second-order valence-corrected chi connectivity index (χ2v) is 6.75. The van der Waals surface area contributed by atoms with Crippen LogP contribution in [0.25, 0.3) is 0 Å². The van der Waals surface area contributed by atoms with Crippen molar-refractivity contribution in [1.29, 1.82) is 0 Å². The minimum absolute atomic E-state index is 0.0110. The minimum atomic E-state index is -4.05. The van der Waals surface area contributed by atoms with E-state index in [4.69, 9.17) is 0 Å². The molecule has 1 N–H and O–H groups in total. The summed E-state index contributed by atoms with van der Waals surface area (Å²) >= 11 is 0. The first kappa shape index (κ1) is 11.9. The van der Waals surface area contributed by atoms with Crippen LogP contribution in [-0.4, -0.2) is 17.7 Å². The molecule has 0 heterocycles. The summed E-state index contributed by atoms with van der Waals surface area (Å²) in [5.41, 5.74) is 1.06. The topological polar surface area (TPSA) is 54.4 Å². The Labute approximate surface area is 97.0 Å². The third kappa shape index (κ3) is 1.84. The summed E-state index contributed by atoms with van der Waals surface area (Å²) in [4.78, 5) is 0. The van der Waals surface area contributed by atoms with Gasteiger partial charge >= 0.3 is 0 Å². The summed E-state index contributed by atoms with van der Waals surface area (Å²) in [7, 11) is -4.05. The quantitative estimate of drug-likeness (QED) is 0.774. The van der Waals surface area contributed by atoms with Crippen molar-refractivity contribution in [2.75, 3.05) is 0 Å². The summed E-state index contributed by atoms with van der Waals surface area (Å²) in [5.74, 6) is 0.432. The molecule has 0 bridgehead atoms. The highest BCUT2D eigenvalue weighted by Gasteiger charge is 2.50. The predicted octanol–water partition coefficient (Wildman–Crippen LogP) is 2.57. The lowest BCUT2D eigenvalue weighted by Gasteiger charge is -2.34. The van der Waals surface area contributed by atoms with Crippen molar-refractivity contribution in [2.24, 2.45) is 11.8 Å². The van der Waals surface area contributed by atoms with Crippen LogP contribution in [0, 0.1) is 11.8 Å². The predicted molar refractivity (Wildman–Crippen MR) is 63.7 cm³/mol. The van der Waals surface area contributed by atoms with Crippen molar-refractivity contribution in [3.63, 3.8) is 0 Å². The molecule has 2 rings (SSSR count). The van der Waals surface area contributed by atoms with Crippen molar-refractivity contribution in [3.05, 3.63) is 23.8 Å². The Morgan fingerprint density at radius 3 is 2.50 bits per heavy atom. The average molecular weight is 242 g/mol. The summed E-state index contributed by atoms with van der Waals surface area (Å²) in [6.45, 7) is 3.87. The van der Waals surface area contributed by atoms with Gasteiger partial charge < -0.3 is 0 Å². The standard InChI is InChI=1S/C12H18O3S/c1-9-5-7-12(8-6-9,16(13,14)15)10(2)11-3-4-11/h5-7,10-11H,3-4,8H2,1-2H3,(H,13,14,15). The third-order valence-corrected chi connectivity index (χ3v) is 5.59. The Balaban J connectivity index is 2.39. The highest BCUT2D eigenvalue weighted by molar-refractivity contribution is 7.87. The first-order chi connectivity index (χ1) is 7.37. The Morgan fingerprint density at radius 1 is 1.50 bits per heavy atom. The smallest absolute Gasteiger partial charge is 0.274 e. The molecular weight excluding hydrogens is 224 g/mol. The molecule has 2 aliphatic carbocycles. The maximum Gasteiger partial charge on any atom is 0.274 e. The molecule has 0 aromatic heterocycles. The maximum absolute atomic E-state index is 11.7. The molecule has 3 nitrogen and oxygen atoms in total. The molecule has 1 saturated carbocycles. The molecule has 1 fully saturated rings. The maximum atomic E-state index is 11.7. The van der Waals surface area contributed by atoms with Gasteiger partial charge in [0.05, 0.1) is 0 Å². The fourth-order valence-corrected chi connectivity index (χ4v) is 3.68. The second-order valence-electron chi connectivity index (χ2n) is 5.04. The molecule has 16 heavy (non-hydrogen) atoms. The van der Waals surface area contributed by atoms with Gasteiger partial charge in [0.2, 0.25) is 0 Å². The average Bonchev–Trinajstić information content (AvgIpc) is 2.99. The number of allylic oxidation sites excluding steroid dienone is 3. The molecule has 0 radical (unpaired) electrons. The Morgan fingerprint density at radius 2 is 2.12 bits per heavy atom. The van der Waals surface area contributed by atoms with Gasteiger partial charge in [0.1, 0.15) is 4.75 Å². The van der Waals surface area contributed by atoms with E-state index in [2.05, 4.69) is 0 Å². The van der Waals surface area contributed by atoms with Crippen molar-refractivity contribution >= 4 is 10.1 Å². The zero-order valence-corrected chi connectivity index (χ0v) is 10.5. The molecular formula is C12H18O3S. The van der Waals surface area contributed by atoms with E-state index in [-0.39, 0.29) is 5.92 Å². The monoisotopic (exact) mass is 242 g/mol. The Hall–Kier alpha value is -0.610. The molecule has 2 atom stereocenters. The van der Waals surface area contributed by atoms with Crippen LogP contribution in [0.4, 0.5) is 0 Å². The van der Waals surface area contributed by atoms with Crippen LogP contribution in [0.3, 0.4) is 0 Å². The van der Waals surface area contributed by atoms with E-state index in [0.29, 0.717) is 12.3 Å². The summed E-state index contributed by atoms with van der Waals surface area (Å²) in [6, 6.07) is 0. The molecule has 90 valence electrons. The van der Waals surface area contributed by atoms with E-state index >= 15 is 0 Å². The second kappa shape index (κ2) is 3.70. The van der Waals surface area contributed by atoms with Gasteiger partial charge in [0, 0.05) is 0 Å². The van der Waals surface area contributed by atoms with Crippen LogP contribution >= 0.6 is 0 Å². The Kier molecular flexibility index (Phi) is 2.75. The van der Waals surface area contributed by atoms with Crippen molar-refractivity contribution in [2.45, 2.75) is 37.9 Å². The third-order valence-electron chi connectivity index (χ3n) is 3.95. The van der Waals surface area contributed by atoms with E-state index in [1.165, 1.54) is 0 Å². The van der Waals surface area contributed by atoms with Gasteiger partial charge in [0.25, 0.3) is 10.1 Å². The summed E-state index contributed by atoms with van der Waals surface area (Å²) in [6.07, 6.45) is 7.93. The lowest BCUT2D eigenvalue weighted by Crippen LogP contribution is -2.44. The van der Waals surface area contributed by atoms with E-state index in [0.717, 1.165) is 18.4 Å². The van der Waals surface area contributed by atoms with Crippen LogP contribution in [0.2, 0.25) is 0 Å². The lowest BCUT2D eigenvalue weighted by molar-refractivity contribution is 0.355. The van der Waals surface area contributed by atoms with Crippen LogP contribution in [0.1, 0.15) is 33.1 Å². The van der Waals surface area contributed by atoms with Crippen LogP contribution < -0.4 is 0 Å². The van der Waals surface area contributed by atoms with Crippen LogP contribution in [0.5, 0.6) is 0 Å². The van der Waals surface area contributed by atoms with E-state index < -0.39 is 14.9 Å². The van der Waals surface area contributed by atoms with Crippen LogP contribution in [-0.2, 0) is 10.1 Å². The van der Waals surface area contributed by atoms with Gasteiger partial charge in [-0.3, -0.25) is 4.55 Å². The van der Waals surface area contributed by atoms with E-state index in [1.807, 2.05) is 19.9 Å². The zero-order valence-electron chi connectivity index (χ0n) is 9.68. The van der Waals surface area contributed by atoms with Gasteiger partial charge in [-0.25, -0.2) is 0 Å². The lowest BCUT2D eigenvalue weighted by atomic mass is 9.83. The molecule has 2 aliphatic rings. The van der Waals surface area contributed by atoms with Gasteiger partial charge in [-0.05, 0) is 38.0 Å². The fourth-order valence-electron chi connectivity index (χ4n) is 2.49. The molecule has 0 aromatic rings.